The summed E-state index contributed by atoms with van der Waals surface area (Å²) in [5.74, 6) is -0.374. The molecule has 0 spiro atoms. The third kappa shape index (κ3) is 4.48. The summed E-state index contributed by atoms with van der Waals surface area (Å²) < 4.78 is 47.7. The van der Waals surface area contributed by atoms with Gasteiger partial charge in [-0.1, -0.05) is 18.2 Å². The van der Waals surface area contributed by atoms with Crippen LogP contribution >= 0.6 is 11.8 Å². The van der Waals surface area contributed by atoms with Gasteiger partial charge in [-0.15, -0.1) is 13.2 Å². The molecule has 6 nitrogen and oxygen atoms in total. The number of pyridine rings is 1. The van der Waals surface area contributed by atoms with E-state index in [1.807, 2.05) is 0 Å². The number of rotatable bonds is 5. The van der Waals surface area contributed by atoms with Crippen molar-refractivity contribution in [2.75, 3.05) is 0 Å². The van der Waals surface area contributed by atoms with E-state index in [-0.39, 0.29) is 17.1 Å². The molecule has 3 heterocycles. The van der Waals surface area contributed by atoms with Gasteiger partial charge in [0.15, 0.2) is 0 Å². The number of imide groups is 1. The molecule has 1 N–H and O–H groups in total. The zero-order valence-corrected chi connectivity index (χ0v) is 16.0. The number of hydrogen-bond acceptors (Lipinski definition) is 6. The maximum absolute atomic E-state index is 12.6. The molecule has 0 unspecified atom stereocenters. The second kappa shape index (κ2) is 7.86. The standard InChI is InChI=1S/C20H13F3N2O4S/c21-20(22,23)29-15-4-2-1-3-11(15)5-6-12-9-24-10-13-7-14(28-17(12)13)8-16-18(26)25-19(27)30-16/h1-4,7-10H,5-6H2,(H,25,26,27)/b16-8-. The lowest BCUT2D eigenvalue weighted by atomic mass is 10.0. The Morgan fingerprint density at radius 3 is 2.63 bits per heavy atom. The number of thioether (sulfide) groups is 1. The number of ether oxygens (including phenoxy) is 1. The maximum Gasteiger partial charge on any atom is 0.573 e. The number of aromatic nitrogens is 1. The van der Waals surface area contributed by atoms with Crippen molar-refractivity contribution in [1.29, 1.82) is 0 Å². The second-order valence-corrected chi connectivity index (χ2v) is 7.39. The molecule has 2 aromatic heterocycles. The first-order valence-electron chi connectivity index (χ1n) is 8.73. The van der Waals surface area contributed by atoms with Crippen molar-refractivity contribution in [3.8, 4) is 5.75 Å². The van der Waals surface area contributed by atoms with Crippen LogP contribution in [0.15, 0.2) is 52.0 Å². The predicted molar refractivity (Wildman–Crippen MR) is 104 cm³/mol. The van der Waals surface area contributed by atoms with Gasteiger partial charge in [-0.05, 0) is 42.3 Å². The quantitative estimate of drug-likeness (QED) is 0.579. The van der Waals surface area contributed by atoms with Crippen LogP contribution in [0.4, 0.5) is 18.0 Å². The molecule has 10 heteroatoms. The molecule has 0 bridgehead atoms. The molecule has 1 aromatic carbocycles. The largest absolute Gasteiger partial charge is 0.573 e. The van der Waals surface area contributed by atoms with E-state index in [2.05, 4.69) is 15.0 Å². The lowest BCUT2D eigenvalue weighted by molar-refractivity contribution is -0.274. The van der Waals surface area contributed by atoms with E-state index in [4.69, 9.17) is 4.42 Å². The highest BCUT2D eigenvalue weighted by atomic mass is 32.2. The first-order chi connectivity index (χ1) is 14.3. The zero-order chi connectivity index (χ0) is 21.3. The monoisotopic (exact) mass is 434 g/mol. The second-order valence-electron chi connectivity index (χ2n) is 6.37. The Balaban J connectivity index is 1.58. The van der Waals surface area contributed by atoms with Crippen LogP contribution in [0.5, 0.6) is 5.75 Å². The summed E-state index contributed by atoms with van der Waals surface area (Å²) in [5, 5.41) is 2.38. The third-order valence-corrected chi connectivity index (χ3v) is 5.10. The number of nitrogens with zero attached hydrogens (tertiary/aromatic N) is 1. The lowest BCUT2D eigenvalue weighted by Gasteiger charge is -2.13. The van der Waals surface area contributed by atoms with Crippen molar-refractivity contribution in [2.45, 2.75) is 19.2 Å². The number of furan rings is 1. The van der Waals surface area contributed by atoms with Crippen molar-refractivity contribution in [2.24, 2.45) is 0 Å². The smallest absolute Gasteiger partial charge is 0.456 e. The zero-order valence-electron chi connectivity index (χ0n) is 15.2. The highest BCUT2D eigenvalue weighted by Crippen LogP contribution is 2.31. The number of alkyl halides is 3. The van der Waals surface area contributed by atoms with E-state index in [0.717, 1.165) is 11.8 Å². The van der Waals surface area contributed by atoms with Gasteiger partial charge in [0, 0.05) is 29.4 Å². The molecular weight excluding hydrogens is 421 g/mol. The topological polar surface area (TPSA) is 81.4 Å². The Kier molecular flexibility index (Phi) is 5.25. The molecule has 4 rings (SSSR count). The molecule has 30 heavy (non-hydrogen) atoms. The van der Waals surface area contributed by atoms with E-state index < -0.39 is 17.5 Å². The van der Waals surface area contributed by atoms with E-state index in [9.17, 15) is 22.8 Å². The van der Waals surface area contributed by atoms with E-state index in [1.54, 1.807) is 30.6 Å². The summed E-state index contributed by atoms with van der Waals surface area (Å²) in [5.41, 5.74) is 1.61. The van der Waals surface area contributed by atoms with Crippen molar-refractivity contribution in [3.05, 3.63) is 64.5 Å². The van der Waals surface area contributed by atoms with Gasteiger partial charge in [0.2, 0.25) is 0 Å². The van der Waals surface area contributed by atoms with Crippen molar-refractivity contribution >= 4 is 40.0 Å². The SMILES string of the molecule is O=C1NC(=O)/C(=C/c2cc3cncc(CCc4ccccc4OC(F)(F)F)c3o2)S1. The average Bonchev–Trinajstić information content (AvgIpc) is 3.22. The average molecular weight is 434 g/mol. The molecule has 0 saturated carbocycles. The third-order valence-electron chi connectivity index (χ3n) is 4.29. The molecule has 1 saturated heterocycles. The fourth-order valence-electron chi connectivity index (χ4n) is 3.04. The van der Waals surface area contributed by atoms with Crippen LogP contribution in [-0.2, 0) is 17.6 Å². The van der Waals surface area contributed by atoms with Crippen LogP contribution in [0.1, 0.15) is 16.9 Å². The number of carbonyl (C=O) groups excluding carboxylic acids is 2. The fraction of sp³-hybridized carbons (Fsp3) is 0.150. The van der Waals surface area contributed by atoms with Crippen molar-refractivity contribution in [1.82, 2.24) is 10.3 Å². The predicted octanol–water partition coefficient (Wildman–Crippen LogP) is 4.84. The minimum absolute atomic E-state index is 0.215. The summed E-state index contributed by atoms with van der Waals surface area (Å²) in [6.45, 7) is 0. The van der Waals surface area contributed by atoms with Gasteiger partial charge in [-0.2, -0.15) is 0 Å². The Hall–Kier alpha value is -3.27. The number of para-hydroxylation sites is 1. The van der Waals surface area contributed by atoms with Gasteiger partial charge in [-0.3, -0.25) is 19.9 Å². The summed E-state index contributed by atoms with van der Waals surface area (Å²) >= 11 is 0.776. The van der Waals surface area contributed by atoms with Gasteiger partial charge in [0.25, 0.3) is 11.1 Å². The summed E-state index contributed by atoms with van der Waals surface area (Å²) in [6.07, 6.45) is 0.486. The number of nitrogens with one attached hydrogen (secondary N) is 1. The highest BCUT2D eigenvalue weighted by molar-refractivity contribution is 8.18. The molecule has 1 aliphatic heterocycles. The Labute approximate surface area is 172 Å². The van der Waals surface area contributed by atoms with Crippen LogP contribution < -0.4 is 10.1 Å². The van der Waals surface area contributed by atoms with Crippen molar-refractivity contribution < 1.29 is 31.9 Å². The lowest BCUT2D eigenvalue weighted by Crippen LogP contribution is -2.18. The fourth-order valence-corrected chi connectivity index (χ4v) is 3.70. The number of amides is 2. The van der Waals surface area contributed by atoms with Crippen LogP contribution in [0.2, 0.25) is 0 Å². The van der Waals surface area contributed by atoms with E-state index >= 15 is 0 Å². The Morgan fingerprint density at radius 2 is 1.90 bits per heavy atom. The van der Waals surface area contributed by atoms with Crippen LogP contribution in [-0.4, -0.2) is 22.5 Å². The molecule has 0 radical (unpaired) electrons. The van der Waals surface area contributed by atoms with Crippen LogP contribution in [0.25, 0.3) is 17.0 Å². The Morgan fingerprint density at radius 1 is 1.13 bits per heavy atom. The van der Waals surface area contributed by atoms with Crippen LogP contribution in [0, 0.1) is 0 Å². The van der Waals surface area contributed by atoms with Gasteiger partial charge in [0.1, 0.15) is 17.1 Å². The minimum Gasteiger partial charge on any atom is -0.456 e. The molecule has 2 amide bonds. The first-order valence-corrected chi connectivity index (χ1v) is 9.55. The number of halogens is 3. The maximum atomic E-state index is 12.6. The number of aryl methyl sites for hydroxylation is 2. The van der Waals surface area contributed by atoms with Crippen LogP contribution in [0.3, 0.4) is 0 Å². The van der Waals surface area contributed by atoms with E-state index in [0.29, 0.717) is 34.3 Å². The normalized spacial score (nSPS) is 15.8. The summed E-state index contributed by atoms with van der Waals surface area (Å²) in [7, 11) is 0. The molecule has 1 aliphatic rings. The van der Waals surface area contributed by atoms with Gasteiger partial charge in [-0.25, -0.2) is 0 Å². The van der Waals surface area contributed by atoms with Gasteiger partial charge < -0.3 is 9.15 Å². The molecule has 0 aliphatic carbocycles. The van der Waals surface area contributed by atoms with Gasteiger partial charge >= 0.3 is 6.36 Å². The van der Waals surface area contributed by atoms with Gasteiger partial charge in [0.05, 0.1) is 4.91 Å². The highest BCUT2D eigenvalue weighted by Gasteiger charge is 2.32. The summed E-state index contributed by atoms with van der Waals surface area (Å²) in [6, 6.07) is 7.63. The molecule has 154 valence electrons. The molecule has 1 fully saturated rings. The first kappa shape index (κ1) is 20.0. The number of hydrogen-bond donors (Lipinski definition) is 1. The number of benzene rings is 1. The molecule has 0 atom stereocenters. The summed E-state index contributed by atoms with van der Waals surface area (Å²) in [4.78, 5) is 27.3. The number of carbonyl (C=O) groups is 2. The molecular formula is C20H13F3N2O4S. The minimum atomic E-state index is -4.77. The van der Waals surface area contributed by atoms with Crippen molar-refractivity contribution in [3.63, 3.8) is 0 Å². The molecule has 3 aromatic rings. The Bertz CT molecular complexity index is 1170. The number of fused-ring (bicyclic) bond motifs is 1. The van der Waals surface area contributed by atoms with E-state index in [1.165, 1.54) is 18.2 Å².